The Bertz CT molecular complexity index is 814. The Morgan fingerprint density at radius 2 is 1.69 bits per heavy atom. The Kier molecular flexibility index (Phi) is 4.57. The fourth-order valence-electron chi connectivity index (χ4n) is 4.09. The highest BCUT2D eigenvalue weighted by atomic mass is 16.2. The highest BCUT2D eigenvalue weighted by Crippen LogP contribution is 2.26. The lowest BCUT2D eigenvalue weighted by atomic mass is 9.96. The van der Waals surface area contributed by atoms with Crippen LogP contribution >= 0.6 is 0 Å². The molecule has 0 radical (unpaired) electrons. The van der Waals surface area contributed by atoms with Crippen molar-refractivity contribution in [1.82, 2.24) is 14.4 Å². The Morgan fingerprint density at radius 3 is 2.42 bits per heavy atom. The summed E-state index contributed by atoms with van der Waals surface area (Å²) >= 11 is 0. The van der Waals surface area contributed by atoms with Crippen molar-refractivity contribution in [3.63, 3.8) is 0 Å². The summed E-state index contributed by atoms with van der Waals surface area (Å²) in [5.41, 5.74) is 1.97. The molecule has 3 heterocycles. The molecule has 1 aromatic heterocycles. The van der Waals surface area contributed by atoms with Gasteiger partial charge in [-0.3, -0.25) is 4.79 Å². The molecule has 0 saturated carbocycles. The van der Waals surface area contributed by atoms with Crippen molar-refractivity contribution in [2.24, 2.45) is 13.0 Å². The summed E-state index contributed by atoms with van der Waals surface area (Å²) in [5.74, 6) is 0.0335. The van der Waals surface area contributed by atoms with E-state index in [2.05, 4.69) is 5.32 Å². The number of urea groups is 1. The molecule has 2 aliphatic heterocycles. The lowest BCUT2D eigenvalue weighted by Crippen LogP contribution is -2.47. The van der Waals surface area contributed by atoms with Gasteiger partial charge in [0, 0.05) is 56.2 Å². The Hall–Kier alpha value is -2.50. The number of nitrogens with one attached hydrogen (secondary N) is 1. The van der Waals surface area contributed by atoms with Crippen LogP contribution in [-0.2, 0) is 11.8 Å². The zero-order valence-electron chi connectivity index (χ0n) is 15.3. The van der Waals surface area contributed by atoms with E-state index in [1.165, 1.54) is 0 Å². The maximum Gasteiger partial charge on any atom is 0.319 e. The number of fused-ring (bicyclic) bond motifs is 1. The molecule has 0 bridgehead atoms. The van der Waals surface area contributed by atoms with E-state index in [1.807, 2.05) is 51.9 Å². The average molecular weight is 354 g/mol. The van der Waals surface area contributed by atoms with Gasteiger partial charge < -0.3 is 19.7 Å². The van der Waals surface area contributed by atoms with E-state index in [-0.39, 0.29) is 17.9 Å². The highest BCUT2D eigenvalue weighted by molar-refractivity contribution is 6.02. The third kappa shape index (κ3) is 3.16. The zero-order valence-corrected chi connectivity index (χ0v) is 15.3. The van der Waals surface area contributed by atoms with Crippen molar-refractivity contribution < 1.29 is 9.59 Å². The average Bonchev–Trinajstić information content (AvgIpc) is 3.32. The predicted octanol–water partition coefficient (Wildman–Crippen LogP) is 3.04. The molecule has 0 atom stereocenters. The van der Waals surface area contributed by atoms with Gasteiger partial charge in [0.25, 0.3) is 0 Å². The van der Waals surface area contributed by atoms with Gasteiger partial charge in [0.05, 0.1) is 5.69 Å². The van der Waals surface area contributed by atoms with Gasteiger partial charge in [-0.15, -0.1) is 0 Å². The number of piperidine rings is 1. The van der Waals surface area contributed by atoms with Gasteiger partial charge in [-0.25, -0.2) is 4.79 Å². The van der Waals surface area contributed by atoms with Gasteiger partial charge in [-0.1, -0.05) is 6.07 Å². The van der Waals surface area contributed by atoms with Crippen LogP contribution in [-0.4, -0.2) is 52.5 Å². The molecule has 0 aliphatic carbocycles. The maximum atomic E-state index is 12.7. The van der Waals surface area contributed by atoms with Crippen LogP contribution in [0.2, 0.25) is 0 Å². The van der Waals surface area contributed by atoms with E-state index >= 15 is 0 Å². The number of rotatable bonds is 2. The molecule has 2 aromatic rings. The minimum atomic E-state index is -0.0309. The van der Waals surface area contributed by atoms with Gasteiger partial charge in [0.2, 0.25) is 5.91 Å². The van der Waals surface area contributed by atoms with Crippen LogP contribution in [0.25, 0.3) is 10.9 Å². The highest BCUT2D eigenvalue weighted by Gasteiger charge is 2.30. The van der Waals surface area contributed by atoms with Crippen LogP contribution < -0.4 is 5.32 Å². The smallest absolute Gasteiger partial charge is 0.319 e. The molecule has 2 aliphatic rings. The lowest BCUT2D eigenvalue weighted by molar-refractivity contribution is -0.121. The SMILES string of the molecule is Cn1ccc2c(NC(=O)C3CCN(C(=O)N4CCCC4)CC3)cccc21. The third-order valence-corrected chi connectivity index (χ3v) is 5.70. The third-order valence-electron chi connectivity index (χ3n) is 5.70. The summed E-state index contributed by atoms with van der Waals surface area (Å²) in [7, 11) is 2.00. The first-order valence-electron chi connectivity index (χ1n) is 9.52. The summed E-state index contributed by atoms with van der Waals surface area (Å²) in [6.07, 6.45) is 5.68. The number of nitrogens with zero attached hydrogens (tertiary/aromatic N) is 3. The van der Waals surface area contributed by atoms with Gasteiger partial charge in [0.1, 0.15) is 0 Å². The number of anilines is 1. The molecule has 6 nitrogen and oxygen atoms in total. The second-order valence-electron chi connectivity index (χ2n) is 7.39. The minimum absolute atomic E-state index is 0.0309. The van der Waals surface area contributed by atoms with Crippen LogP contribution in [0.5, 0.6) is 0 Å². The molecule has 1 N–H and O–H groups in total. The van der Waals surface area contributed by atoms with E-state index < -0.39 is 0 Å². The van der Waals surface area contributed by atoms with E-state index in [0.717, 1.165) is 55.4 Å². The molecular weight excluding hydrogens is 328 g/mol. The fraction of sp³-hybridized carbons (Fsp3) is 0.500. The van der Waals surface area contributed by atoms with Crippen molar-refractivity contribution in [3.8, 4) is 0 Å². The van der Waals surface area contributed by atoms with Gasteiger partial charge in [-0.2, -0.15) is 0 Å². The van der Waals surface area contributed by atoms with Crippen LogP contribution in [0.15, 0.2) is 30.5 Å². The summed E-state index contributed by atoms with van der Waals surface area (Å²) in [6.45, 7) is 3.09. The van der Waals surface area contributed by atoms with Crippen molar-refractivity contribution in [1.29, 1.82) is 0 Å². The summed E-state index contributed by atoms with van der Waals surface area (Å²) in [6, 6.07) is 8.15. The first kappa shape index (κ1) is 16.9. The Balaban J connectivity index is 1.37. The molecule has 0 unspecified atom stereocenters. The van der Waals surface area contributed by atoms with Crippen molar-refractivity contribution in [2.75, 3.05) is 31.5 Å². The zero-order chi connectivity index (χ0) is 18.1. The van der Waals surface area contributed by atoms with Crippen LogP contribution in [0.3, 0.4) is 0 Å². The molecule has 2 fully saturated rings. The molecule has 26 heavy (non-hydrogen) atoms. The minimum Gasteiger partial charge on any atom is -0.350 e. The second-order valence-corrected chi connectivity index (χ2v) is 7.39. The predicted molar refractivity (Wildman–Crippen MR) is 102 cm³/mol. The molecular formula is C20H26N4O2. The Morgan fingerprint density at radius 1 is 1.00 bits per heavy atom. The van der Waals surface area contributed by atoms with Crippen LogP contribution in [0.1, 0.15) is 25.7 Å². The number of aryl methyl sites for hydroxylation is 1. The van der Waals surface area contributed by atoms with E-state index in [1.54, 1.807) is 0 Å². The second kappa shape index (κ2) is 7.02. The van der Waals surface area contributed by atoms with Crippen LogP contribution in [0, 0.1) is 5.92 Å². The number of likely N-dealkylation sites (tertiary alicyclic amines) is 2. The normalized spacial score (nSPS) is 18.5. The van der Waals surface area contributed by atoms with E-state index in [9.17, 15) is 9.59 Å². The maximum absolute atomic E-state index is 12.7. The number of carbonyl (C=O) groups excluding carboxylic acids is 2. The van der Waals surface area contributed by atoms with Gasteiger partial charge in [0.15, 0.2) is 0 Å². The first-order valence-corrected chi connectivity index (χ1v) is 9.52. The molecule has 138 valence electrons. The number of amides is 3. The fourth-order valence-corrected chi connectivity index (χ4v) is 4.09. The summed E-state index contributed by atoms with van der Waals surface area (Å²) in [4.78, 5) is 29.0. The van der Waals surface area contributed by atoms with E-state index in [0.29, 0.717) is 13.1 Å². The molecule has 4 rings (SSSR count). The summed E-state index contributed by atoms with van der Waals surface area (Å²) in [5, 5.41) is 4.16. The topological polar surface area (TPSA) is 57.6 Å². The molecule has 0 spiro atoms. The lowest BCUT2D eigenvalue weighted by Gasteiger charge is -2.34. The van der Waals surface area contributed by atoms with Crippen molar-refractivity contribution in [3.05, 3.63) is 30.5 Å². The molecule has 1 aromatic carbocycles. The summed E-state index contributed by atoms with van der Waals surface area (Å²) < 4.78 is 2.05. The number of hydrogen-bond acceptors (Lipinski definition) is 2. The number of benzene rings is 1. The molecule has 6 heteroatoms. The number of aromatic nitrogens is 1. The van der Waals surface area contributed by atoms with Gasteiger partial charge in [-0.05, 0) is 43.9 Å². The quantitative estimate of drug-likeness (QED) is 0.901. The van der Waals surface area contributed by atoms with Gasteiger partial charge >= 0.3 is 6.03 Å². The van der Waals surface area contributed by atoms with E-state index in [4.69, 9.17) is 0 Å². The van der Waals surface area contributed by atoms with Crippen LogP contribution in [0.4, 0.5) is 10.5 Å². The van der Waals surface area contributed by atoms with Crippen molar-refractivity contribution in [2.45, 2.75) is 25.7 Å². The largest absolute Gasteiger partial charge is 0.350 e. The molecule has 3 amide bonds. The first-order chi connectivity index (χ1) is 12.6. The van der Waals surface area contributed by atoms with Crippen molar-refractivity contribution >= 4 is 28.5 Å². The number of hydrogen-bond donors (Lipinski definition) is 1. The monoisotopic (exact) mass is 354 g/mol. The number of carbonyl (C=O) groups is 2. The standard InChI is InChI=1S/C20H26N4O2/c1-22-12-9-16-17(5-4-6-18(16)22)21-19(25)15-7-13-24(14-8-15)20(26)23-10-2-3-11-23/h4-6,9,12,15H,2-3,7-8,10-11,13-14H2,1H3,(H,21,25). The Labute approximate surface area is 153 Å². The molecule has 2 saturated heterocycles.